The monoisotopic (exact) mass is 366 g/mol. The number of halogens is 2. The molecule has 0 bridgehead atoms. The molecule has 1 nitrogen and oxygen atoms in total. The van der Waals surface area contributed by atoms with Crippen LogP contribution in [0.5, 0.6) is 5.75 Å². The first-order chi connectivity index (χ1) is 12.2. The van der Waals surface area contributed by atoms with Gasteiger partial charge >= 0.3 is 0 Å². The Morgan fingerprint density at radius 2 is 1.32 bits per heavy atom. The van der Waals surface area contributed by atoms with Crippen molar-refractivity contribution in [1.29, 1.82) is 0 Å². The molecule has 5 rings (SSSR count). The van der Waals surface area contributed by atoms with Gasteiger partial charge in [0.05, 0.1) is 5.92 Å². The minimum Gasteiger partial charge on any atom is -0.479 e. The molecule has 0 N–H and O–H groups in total. The van der Waals surface area contributed by atoms with Gasteiger partial charge in [-0.3, -0.25) is 0 Å². The highest BCUT2D eigenvalue weighted by Crippen LogP contribution is 2.77. The maximum Gasteiger partial charge on any atom is 0.174 e. The predicted molar refractivity (Wildman–Crippen MR) is 101 cm³/mol. The zero-order valence-electron chi connectivity index (χ0n) is 13.4. The summed E-state index contributed by atoms with van der Waals surface area (Å²) < 4.78 is 5.50. The quantitative estimate of drug-likeness (QED) is 0.512. The van der Waals surface area contributed by atoms with Crippen LogP contribution in [0.1, 0.15) is 22.6 Å². The van der Waals surface area contributed by atoms with E-state index in [2.05, 4.69) is 42.5 Å². The van der Waals surface area contributed by atoms with Gasteiger partial charge in [-0.25, -0.2) is 0 Å². The summed E-state index contributed by atoms with van der Waals surface area (Å²) in [5, 5.41) is 0. The van der Waals surface area contributed by atoms with E-state index >= 15 is 0 Å². The van der Waals surface area contributed by atoms with Crippen LogP contribution < -0.4 is 4.74 Å². The molecule has 1 saturated carbocycles. The topological polar surface area (TPSA) is 9.23 Å². The van der Waals surface area contributed by atoms with Gasteiger partial charge in [-0.15, -0.1) is 0 Å². The van der Waals surface area contributed by atoms with Crippen LogP contribution in [0, 0.1) is 5.92 Å². The van der Waals surface area contributed by atoms with Crippen LogP contribution in [0.4, 0.5) is 0 Å². The summed E-state index contributed by atoms with van der Waals surface area (Å²) in [6.07, 6.45) is 0. The molecule has 1 heterocycles. The van der Waals surface area contributed by atoms with Crippen molar-refractivity contribution in [2.24, 2.45) is 5.92 Å². The molecule has 0 spiro atoms. The lowest BCUT2D eigenvalue weighted by Gasteiger charge is -2.31. The van der Waals surface area contributed by atoms with E-state index in [0.717, 1.165) is 16.9 Å². The largest absolute Gasteiger partial charge is 0.479 e. The molecule has 3 atom stereocenters. The molecule has 0 saturated heterocycles. The Morgan fingerprint density at radius 1 is 0.720 bits per heavy atom. The molecule has 2 aliphatic rings. The van der Waals surface area contributed by atoms with E-state index in [9.17, 15) is 0 Å². The van der Waals surface area contributed by atoms with E-state index in [-0.39, 0.29) is 11.8 Å². The fraction of sp³-hybridized carbons (Fsp3) is 0.182. The van der Waals surface area contributed by atoms with Crippen LogP contribution in [0.25, 0.3) is 0 Å². The van der Waals surface area contributed by atoms with E-state index < -0.39 is 9.93 Å². The number of benzene rings is 3. The molecule has 3 heteroatoms. The highest BCUT2D eigenvalue weighted by Gasteiger charge is 2.83. The lowest BCUT2D eigenvalue weighted by atomic mass is 9.82. The van der Waals surface area contributed by atoms with Crippen LogP contribution in [0.3, 0.4) is 0 Å². The third-order valence-corrected chi connectivity index (χ3v) is 6.49. The van der Waals surface area contributed by atoms with Crippen molar-refractivity contribution in [2.45, 2.75) is 15.9 Å². The van der Waals surface area contributed by atoms with Gasteiger partial charge in [0.15, 0.2) is 9.93 Å². The number of hydrogen-bond acceptors (Lipinski definition) is 1. The molecule has 1 aliphatic heterocycles. The summed E-state index contributed by atoms with van der Waals surface area (Å²) in [6, 6.07) is 28.7. The van der Waals surface area contributed by atoms with Crippen LogP contribution in [0.2, 0.25) is 0 Å². The Kier molecular flexibility index (Phi) is 3.22. The second-order valence-corrected chi connectivity index (χ2v) is 8.12. The maximum absolute atomic E-state index is 6.88. The van der Waals surface area contributed by atoms with Crippen LogP contribution >= 0.6 is 23.2 Å². The summed E-state index contributed by atoms with van der Waals surface area (Å²) in [4.78, 5) is 0. The van der Waals surface area contributed by atoms with Gasteiger partial charge in [0, 0.05) is 11.5 Å². The third kappa shape index (κ3) is 1.97. The zero-order chi connectivity index (χ0) is 17.1. The Labute approximate surface area is 157 Å². The first-order valence-corrected chi connectivity index (χ1v) is 9.18. The van der Waals surface area contributed by atoms with E-state index in [1.807, 2.05) is 42.5 Å². The van der Waals surface area contributed by atoms with Crippen molar-refractivity contribution in [2.75, 3.05) is 0 Å². The average molecular weight is 367 g/mol. The van der Waals surface area contributed by atoms with Crippen LogP contribution in [-0.4, -0.2) is 4.33 Å². The first kappa shape index (κ1) is 15.3. The summed E-state index contributed by atoms with van der Waals surface area (Å²) in [5.41, 5.74) is 2.67. The van der Waals surface area contributed by atoms with Crippen molar-refractivity contribution in [3.05, 3.63) is 102 Å². The van der Waals surface area contributed by atoms with Gasteiger partial charge in [0.2, 0.25) is 0 Å². The van der Waals surface area contributed by atoms with Crippen molar-refractivity contribution in [1.82, 2.24) is 0 Å². The molecular weight excluding hydrogens is 351 g/mol. The highest BCUT2D eigenvalue weighted by atomic mass is 35.5. The number of ether oxygens (including phenoxy) is 1. The number of rotatable bonds is 2. The molecule has 0 radical (unpaired) electrons. The summed E-state index contributed by atoms with van der Waals surface area (Å²) >= 11 is 13.8. The SMILES string of the molecule is ClC1(Cl)[C@@H]2[C@H](c3ccccc3)c3ccccc3O[C@@]21c1ccccc1. The first-order valence-electron chi connectivity index (χ1n) is 8.42. The van der Waals surface area contributed by atoms with Crippen molar-refractivity contribution >= 4 is 23.2 Å². The van der Waals surface area contributed by atoms with E-state index in [0.29, 0.717) is 0 Å². The van der Waals surface area contributed by atoms with Crippen molar-refractivity contribution in [3.8, 4) is 5.75 Å². The normalized spacial score (nSPS) is 28.4. The number of hydrogen-bond donors (Lipinski definition) is 0. The van der Waals surface area contributed by atoms with Crippen LogP contribution in [0.15, 0.2) is 84.9 Å². The fourth-order valence-corrected chi connectivity index (χ4v) is 5.29. The minimum absolute atomic E-state index is 0.0389. The molecule has 0 amide bonds. The van der Waals surface area contributed by atoms with Gasteiger partial charge in [0.1, 0.15) is 5.75 Å². The predicted octanol–water partition coefficient (Wildman–Crippen LogP) is 5.91. The number of fused-ring (bicyclic) bond motifs is 2. The Balaban J connectivity index is 1.75. The molecule has 25 heavy (non-hydrogen) atoms. The van der Waals surface area contributed by atoms with Gasteiger partial charge in [0.25, 0.3) is 0 Å². The molecule has 0 aromatic heterocycles. The second-order valence-electron chi connectivity index (χ2n) is 6.73. The maximum atomic E-state index is 6.88. The standard InChI is InChI=1S/C22H16Cl2O/c23-22(24)20-19(15-9-3-1-4-10-15)17-13-7-8-14-18(17)25-21(20,22)16-11-5-2-6-12-16/h1-14,19-20H/t19-,20-,21+/m1/s1. The van der Waals surface area contributed by atoms with E-state index in [1.54, 1.807) is 0 Å². The lowest BCUT2D eigenvalue weighted by Crippen LogP contribution is -2.28. The average Bonchev–Trinajstić information content (AvgIpc) is 3.17. The molecule has 3 aromatic carbocycles. The minimum atomic E-state index is -0.978. The number of alkyl halides is 2. The molecule has 1 aliphatic carbocycles. The number of para-hydroxylation sites is 1. The summed E-state index contributed by atoms with van der Waals surface area (Å²) in [5.74, 6) is 0.920. The Bertz CT molecular complexity index is 923. The third-order valence-electron chi connectivity index (χ3n) is 5.46. The molecule has 124 valence electrons. The smallest absolute Gasteiger partial charge is 0.174 e. The van der Waals surface area contributed by atoms with Gasteiger partial charge in [-0.05, 0) is 17.2 Å². The van der Waals surface area contributed by atoms with Crippen molar-refractivity contribution in [3.63, 3.8) is 0 Å². The summed E-state index contributed by atoms with van der Waals surface area (Å²) in [6.45, 7) is 0. The fourth-order valence-electron chi connectivity index (χ4n) is 4.31. The van der Waals surface area contributed by atoms with Gasteiger partial charge in [-0.1, -0.05) is 102 Å². The lowest BCUT2D eigenvalue weighted by molar-refractivity contribution is 0.137. The van der Waals surface area contributed by atoms with Gasteiger partial charge in [-0.2, -0.15) is 0 Å². The zero-order valence-corrected chi connectivity index (χ0v) is 14.9. The molecule has 0 unspecified atom stereocenters. The van der Waals surface area contributed by atoms with E-state index in [1.165, 1.54) is 5.56 Å². The van der Waals surface area contributed by atoms with Gasteiger partial charge < -0.3 is 4.74 Å². The second kappa shape index (κ2) is 5.27. The molecule has 3 aromatic rings. The Hall–Kier alpha value is -1.96. The Morgan fingerprint density at radius 3 is 2.04 bits per heavy atom. The highest BCUT2D eigenvalue weighted by molar-refractivity contribution is 6.52. The van der Waals surface area contributed by atoms with Crippen LogP contribution in [-0.2, 0) is 5.60 Å². The molecular formula is C22H16Cl2O. The summed E-state index contributed by atoms with van der Waals surface area (Å²) in [7, 11) is 0. The van der Waals surface area contributed by atoms with Crippen molar-refractivity contribution < 1.29 is 4.74 Å². The van der Waals surface area contributed by atoms with E-state index in [4.69, 9.17) is 27.9 Å². The molecule has 1 fully saturated rings.